The van der Waals surface area contributed by atoms with Gasteiger partial charge in [0.15, 0.2) is 5.82 Å². The Hall–Kier alpha value is -1.83. The van der Waals surface area contributed by atoms with Gasteiger partial charge in [-0.1, -0.05) is 69.6 Å². The number of ether oxygens (including phenoxy) is 1. The Kier molecular flexibility index (Phi) is 9.24. The van der Waals surface area contributed by atoms with Crippen molar-refractivity contribution in [2.24, 2.45) is 0 Å². The molecule has 1 unspecified atom stereocenters. The molecule has 1 heterocycles. The standard InChI is InChI=1S/C20H15Cl6N5O5S/c1-9(18(33)36-2)30-37(34,35)11-4-6-15(14(23)8-11)27-17(32)16-28-19(20(24,25)26)31(29-16)10-3-5-12(21)13(22)7-10/h3-9,30H,1-2H3,(H,27,32). The smallest absolute Gasteiger partial charge is 0.323 e. The van der Waals surface area contributed by atoms with Crippen molar-refractivity contribution in [3.05, 3.63) is 63.1 Å². The van der Waals surface area contributed by atoms with Crippen molar-refractivity contribution in [3.8, 4) is 5.69 Å². The molecule has 0 spiro atoms. The van der Waals surface area contributed by atoms with Gasteiger partial charge >= 0.3 is 5.97 Å². The van der Waals surface area contributed by atoms with E-state index in [4.69, 9.17) is 69.6 Å². The zero-order chi connectivity index (χ0) is 27.7. The lowest BCUT2D eigenvalue weighted by Gasteiger charge is -2.13. The van der Waals surface area contributed by atoms with Gasteiger partial charge in [-0.25, -0.2) is 18.1 Å². The fraction of sp³-hybridized carbons (Fsp3) is 0.200. The maximum atomic E-state index is 12.9. The van der Waals surface area contributed by atoms with E-state index in [0.29, 0.717) is 5.69 Å². The Bertz CT molecular complexity index is 1470. The third kappa shape index (κ3) is 6.98. The Morgan fingerprint density at radius 1 is 1.03 bits per heavy atom. The van der Waals surface area contributed by atoms with Crippen molar-refractivity contribution in [2.45, 2.75) is 21.7 Å². The van der Waals surface area contributed by atoms with E-state index >= 15 is 0 Å². The highest BCUT2D eigenvalue weighted by molar-refractivity contribution is 7.89. The van der Waals surface area contributed by atoms with E-state index in [0.717, 1.165) is 17.9 Å². The molecule has 0 bridgehead atoms. The molecule has 1 aromatic heterocycles. The van der Waals surface area contributed by atoms with Gasteiger partial charge in [0.05, 0.1) is 38.4 Å². The molecular weight excluding hydrogens is 635 g/mol. The number of carbonyl (C=O) groups excluding carboxylic acids is 2. The number of anilines is 1. The zero-order valence-electron chi connectivity index (χ0n) is 18.6. The molecule has 10 nitrogen and oxygen atoms in total. The van der Waals surface area contributed by atoms with Crippen LogP contribution < -0.4 is 10.0 Å². The topological polar surface area (TPSA) is 132 Å². The van der Waals surface area contributed by atoms with Crippen molar-refractivity contribution in [2.75, 3.05) is 12.4 Å². The SMILES string of the molecule is COC(=O)C(C)NS(=O)(=O)c1ccc(NC(=O)c2nc(C(Cl)(Cl)Cl)n(-c3ccc(Cl)c(Cl)c3)n2)c(Cl)c1. The van der Waals surface area contributed by atoms with Gasteiger partial charge in [-0.3, -0.25) is 9.59 Å². The summed E-state index contributed by atoms with van der Waals surface area (Å²) in [5, 5.41) is 6.89. The van der Waals surface area contributed by atoms with Crippen molar-refractivity contribution in [1.82, 2.24) is 19.5 Å². The molecule has 0 aliphatic rings. The van der Waals surface area contributed by atoms with Crippen LogP contribution in [0.4, 0.5) is 5.69 Å². The van der Waals surface area contributed by atoms with Crippen LogP contribution in [0.3, 0.4) is 0 Å². The highest BCUT2D eigenvalue weighted by atomic mass is 35.6. The minimum absolute atomic E-state index is 0.0351. The fourth-order valence-corrected chi connectivity index (χ4v) is 5.03. The number of benzene rings is 2. The first-order chi connectivity index (χ1) is 17.1. The summed E-state index contributed by atoms with van der Waals surface area (Å²) >= 11 is 36.3. The summed E-state index contributed by atoms with van der Waals surface area (Å²) in [5.41, 5.74) is 0.344. The number of methoxy groups -OCH3 is 1. The minimum Gasteiger partial charge on any atom is -0.468 e. The van der Waals surface area contributed by atoms with Crippen LogP contribution in [0.25, 0.3) is 5.69 Å². The number of aromatic nitrogens is 3. The van der Waals surface area contributed by atoms with E-state index in [1.54, 1.807) is 0 Å². The number of sulfonamides is 1. The molecule has 3 aromatic rings. The summed E-state index contributed by atoms with van der Waals surface area (Å²) in [4.78, 5) is 28.2. The van der Waals surface area contributed by atoms with E-state index in [9.17, 15) is 18.0 Å². The molecule has 2 N–H and O–H groups in total. The lowest BCUT2D eigenvalue weighted by Crippen LogP contribution is -2.39. The largest absolute Gasteiger partial charge is 0.468 e. The van der Waals surface area contributed by atoms with Crippen molar-refractivity contribution in [1.29, 1.82) is 0 Å². The average molecular weight is 650 g/mol. The van der Waals surface area contributed by atoms with Crippen LogP contribution in [0.5, 0.6) is 0 Å². The van der Waals surface area contributed by atoms with Gasteiger partial charge in [-0.15, -0.1) is 5.10 Å². The molecule has 0 aliphatic heterocycles. The van der Waals surface area contributed by atoms with E-state index in [-0.39, 0.29) is 31.5 Å². The van der Waals surface area contributed by atoms with E-state index in [1.165, 1.54) is 37.3 Å². The summed E-state index contributed by atoms with van der Waals surface area (Å²) in [7, 11) is -3.01. The molecule has 198 valence electrons. The van der Waals surface area contributed by atoms with Crippen LogP contribution in [0.15, 0.2) is 41.3 Å². The molecule has 1 amide bonds. The normalized spacial score (nSPS) is 12.8. The predicted octanol–water partition coefficient (Wildman–Crippen LogP) is 5.15. The number of nitrogens with one attached hydrogen (secondary N) is 2. The van der Waals surface area contributed by atoms with E-state index < -0.39 is 37.6 Å². The summed E-state index contributed by atoms with van der Waals surface area (Å²) in [6, 6.07) is 6.79. The number of nitrogens with zero attached hydrogens (tertiary/aromatic N) is 3. The molecule has 0 saturated heterocycles. The second-order valence-electron chi connectivity index (χ2n) is 7.23. The second kappa shape index (κ2) is 11.5. The first-order valence-electron chi connectivity index (χ1n) is 9.84. The summed E-state index contributed by atoms with van der Waals surface area (Å²) in [6.45, 7) is 1.31. The molecule has 0 fully saturated rings. The average Bonchev–Trinajstić information content (AvgIpc) is 3.27. The van der Waals surface area contributed by atoms with E-state index in [1.807, 2.05) is 0 Å². The third-order valence-corrected chi connectivity index (χ3v) is 7.69. The number of rotatable bonds is 7. The summed E-state index contributed by atoms with van der Waals surface area (Å²) in [5.74, 6) is -2.22. The van der Waals surface area contributed by atoms with Gasteiger partial charge in [0.2, 0.25) is 19.6 Å². The van der Waals surface area contributed by atoms with Gasteiger partial charge < -0.3 is 10.1 Å². The molecule has 0 aliphatic carbocycles. The second-order valence-corrected chi connectivity index (χ2v) is 12.4. The predicted molar refractivity (Wildman–Crippen MR) is 142 cm³/mol. The van der Waals surface area contributed by atoms with Crippen molar-refractivity contribution >= 4 is 97.2 Å². The molecule has 0 saturated carbocycles. The zero-order valence-corrected chi connectivity index (χ0v) is 24.0. The number of halogens is 6. The molecule has 0 radical (unpaired) electrons. The maximum absolute atomic E-state index is 12.9. The number of alkyl halides is 3. The van der Waals surface area contributed by atoms with Gasteiger partial charge in [0, 0.05) is 0 Å². The van der Waals surface area contributed by atoms with Gasteiger partial charge in [-0.2, -0.15) is 4.72 Å². The quantitative estimate of drug-likeness (QED) is 0.267. The first-order valence-corrected chi connectivity index (χ1v) is 13.6. The fourth-order valence-electron chi connectivity index (χ4n) is 2.86. The lowest BCUT2D eigenvalue weighted by molar-refractivity contribution is -0.142. The monoisotopic (exact) mass is 647 g/mol. The van der Waals surface area contributed by atoms with Crippen LogP contribution >= 0.6 is 69.6 Å². The van der Waals surface area contributed by atoms with Crippen LogP contribution in [-0.2, 0) is 23.3 Å². The van der Waals surface area contributed by atoms with Crippen LogP contribution in [0.2, 0.25) is 15.1 Å². The minimum atomic E-state index is -4.13. The van der Waals surface area contributed by atoms with Crippen molar-refractivity contribution < 1.29 is 22.7 Å². The summed E-state index contributed by atoms with van der Waals surface area (Å²) < 4.78 is 30.8. The molecule has 1 atom stereocenters. The van der Waals surface area contributed by atoms with Gasteiger partial charge in [0.25, 0.3) is 5.91 Å². The number of amides is 1. The number of esters is 1. The highest BCUT2D eigenvalue weighted by Gasteiger charge is 2.33. The Labute approximate surface area is 241 Å². The lowest BCUT2D eigenvalue weighted by atomic mass is 10.3. The molecule has 37 heavy (non-hydrogen) atoms. The van der Waals surface area contributed by atoms with Crippen LogP contribution in [0, 0.1) is 0 Å². The Morgan fingerprint density at radius 2 is 1.70 bits per heavy atom. The first kappa shape index (κ1) is 29.7. The number of hydrogen-bond acceptors (Lipinski definition) is 7. The van der Waals surface area contributed by atoms with Gasteiger partial charge in [-0.05, 0) is 43.3 Å². The Balaban J connectivity index is 1.89. The Morgan fingerprint density at radius 3 is 2.27 bits per heavy atom. The van der Waals surface area contributed by atoms with Crippen LogP contribution in [0.1, 0.15) is 23.4 Å². The van der Waals surface area contributed by atoms with Crippen molar-refractivity contribution in [3.63, 3.8) is 0 Å². The maximum Gasteiger partial charge on any atom is 0.323 e. The number of hydrogen-bond donors (Lipinski definition) is 2. The summed E-state index contributed by atoms with van der Waals surface area (Å²) in [6.07, 6.45) is 0. The highest BCUT2D eigenvalue weighted by Crippen LogP contribution is 2.38. The van der Waals surface area contributed by atoms with E-state index in [2.05, 4.69) is 24.9 Å². The third-order valence-electron chi connectivity index (χ3n) is 4.60. The number of carbonyl (C=O) groups is 2. The molecule has 17 heteroatoms. The van der Waals surface area contributed by atoms with Gasteiger partial charge in [0.1, 0.15) is 6.04 Å². The molecule has 3 rings (SSSR count). The molecule has 2 aromatic carbocycles. The van der Waals surface area contributed by atoms with Crippen LogP contribution in [-0.4, -0.2) is 48.2 Å². The molecular formula is C20H15Cl6N5O5S.